The van der Waals surface area contributed by atoms with Crippen molar-refractivity contribution in [3.8, 4) is 0 Å². The van der Waals surface area contributed by atoms with Gasteiger partial charge in [0.15, 0.2) is 0 Å². The normalized spacial score (nSPS) is 59.0. The second-order valence-electron chi connectivity index (χ2n) is 4.64. The van der Waals surface area contributed by atoms with Crippen molar-refractivity contribution in [1.82, 2.24) is 0 Å². The molecule has 0 spiro atoms. The highest BCUT2D eigenvalue weighted by molar-refractivity contribution is 5.10. The molecule has 0 radical (unpaired) electrons. The minimum absolute atomic E-state index is 0.0492. The van der Waals surface area contributed by atoms with E-state index in [9.17, 15) is 0 Å². The number of ether oxygens (including phenoxy) is 2. The van der Waals surface area contributed by atoms with E-state index in [1.54, 1.807) is 0 Å². The fourth-order valence-corrected chi connectivity index (χ4v) is 2.46. The molecule has 0 saturated carbocycles. The van der Waals surface area contributed by atoms with Gasteiger partial charge in [0.05, 0.1) is 24.4 Å². The number of hydrogen-bond donors (Lipinski definition) is 0. The van der Waals surface area contributed by atoms with Gasteiger partial charge in [0.1, 0.15) is 0 Å². The van der Waals surface area contributed by atoms with Gasteiger partial charge in [-0.15, -0.1) is 0 Å². The van der Waals surface area contributed by atoms with Crippen LogP contribution in [0.3, 0.4) is 0 Å². The molecule has 2 aliphatic rings. The van der Waals surface area contributed by atoms with Gasteiger partial charge in [-0.2, -0.15) is 0 Å². The molecule has 12 heavy (non-hydrogen) atoms. The first-order chi connectivity index (χ1) is 5.51. The van der Waals surface area contributed by atoms with E-state index in [0.29, 0.717) is 11.8 Å². The van der Waals surface area contributed by atoms with E-state index in [-0.39, 0.29) is 11.2 Å². The molecular weight excluding hydrogens is 152 g/mol. The summed E-state index contributed by atoms with van der Waals surface area (Å²) in [5.41, 5.74) is -0.0984. The van der Waals surface area contributed by atoms with Crippen LogP contribution < -0.4 is 0 Å². The van der Waals surface area contributed by atoms with Crippen LogP contribution in [0.25, 0.3) is 0 Å². The molecule has 2 saturated heterocycles. The minimum atomic E-state index is -0.0492. The molecule has 2 aliphatic heterocycles. The molecule has 0 bridgehead atoms. The van der Waals surface area contributed by atoms with Gasteiger partial charge in [-0.1, -0.05) is 13.8 Å². The predicted molar refractivity (Wildman–Crippen MR) is 47.0 cm³/mol. The van der Waals surface area contributed by atoms with Gasteiger partial charge in [-0.05, 0) is 13.8 Å². The van der Waals surface area contributed by atoms with Gasteiger partial charge in [0.2, 0.25) is 0 Å². The van der Waals surface area contributed by atoms with Gasteiger partial charge in [-0.3, -0.25) is 0 Å². The number of rotatable bonds is 0. The highest BCUT2D eigenvalue weighted by atomic mass is 16.6. The van der Waals surface area contributed by atoms with Crippen molar-refractivity contribution < 1.29 is 9.47 Å². The fraction of sp³-hybridized carbons (Fsp3) is 1.00. The average molecular weight is 170 g/mol. The van der Waals surface area contributed by atoms with Gasteiger partial charge < -0.3 is 9.47 Å². The van der Waals surface area contributed by atoms with E-state index in [1.165, 1.54) is 0 Å². The molecular formula is C10H18O2. The standard InChI is InChI=1S/C10H18O2/c1-7-5-11-10(4)8(2)6-12-9(7,10)3/h7-8H,5-6H2,1-4H3/t7-,8+,9-,10-/m1/s1. The molecule has 0 aromatic rings. The van der Waals surface area contributed by atoms with Crippen molar-refractivity contribution in [3.05, 3.63) is 0 Å². The number of fused-ring (bicyclic) bond motifs is 1. The Balaban J connectivity index is 2.37. The van der Waals surface area contributed by atoms with Crippen LogP contribution in [0, 0.1) is 11.8 Å². The molecule has 0 aliphatic carbocycles. The summed E-state index contributed by atoms with van der Waals surface area (Å²) in [5.74, 6) is 1.04. The summed E-state index contributed by atoms with van der Waals surface area (Å²) in [6, 6.07) is 0. The van der Waals surface area contributed by atoms with E-state index in [2.05, 4.69) is 27.7 Å². The summed E-state index contributed by atoms with van der Waals surface area (Å²) in [5, 5.41) is 0. The maximum absolute atomic E-state index is 5.87. The predicted octanol–water partition coefficient (Wildman–Crippen LogP) is 1.84. The summed E-state index contributed by atoms with van der Waals surface area (Å²) < 4.78 is 11.7. The maximum Gasteiger partial charge on any atom is 0.0990 e. The highest BCUT2D eigenvalue weighted by Crippen LogP contribution is 2.51. The second-order valence-corrected chi connectivity index (χ2v) is 4.64. The Kier molecular flexibility index (Phi) is 1.59. The van der Waals surface area contributed by atoms with Crippen LogP contribution in [0.5, 0.6) is 0 Å². The smallest absolute Gasteiger partial charge is 0.0990 e. The van der Waals surface area contributed by atoms with Crippen molar-refractivity contribution in [1.29, 1.82) is 0 Å². The third-order valence-corrected chi connectivity index (χ3v) is 4.13. The van der Waals surface area contributed by atoms with Crippen molar-refractivity contribution in [3.63, 3.8) is 0 Å². The van der Waals surface area contributed by atoms with Crippen molar-refractivity contribution in [2.45, 2.75) is 38.9 Å². The molecule has 2 fully saturated rings. The SMILES string of the molecule is C[C@@H]1CO[C@]2(C)[C@@H](C)CO[C@]12C. The van der Waals surface area contributed by atoms with Gasteiger partial charge >= 0.3 is 0 Å². The molecule has 0 aromatic carbocycles. The summed E-state index contributed by atoms with van der Waals surface area (Å²) in [6.45, 7) is 10.5. The average Bonchev–Trinajstić information content (AvgIpc) is 2.39. The molecule has 2 heteroatoms. The van der Waals surface area contributed by atoms with Crippen molar-refractivity contribution in [2.24, 2.45) is 11.8 Å². The lowest BCUT2D eigenvalue weighted by Crippen LogP contribution is -2.48. The Hall–Kier alpha value is -0.0800. The Labute approximate surface area is 74.2 Å². The first-order valence-electron chi connectivity index (χ1n) is 4.78. The Morgan fingerprint density at radius 1 is 0.917 bits per heavy atom. The van der Waals surface area contributed by atoms with E-state index in [1.807, 2.05) is 0 Å². The topological polar surface area (TPSA) is 18.5 Å². The third kappa shape index (κ3) is 0.728. The summed E-state index contributed by atoms with van der Waals surface area (Å²) in [6.07, 6.45) is 0. The summed E-state index contributed by atoms with van der Waals surface area (Å²) in [4.78, 5) is 0. The highest BCUT2D eigenvalue weighted by Gasteiger charge is 2.62. The fourth-order valence-electron chi connectivity index (χ4n) is 2.46. The summed E-state index contributed by atoms with van der Waals surface area (Å²) >= 11 is 0. The first-order valence-corrected chi connectivity index (χ1v) is 4.78. The molecule has 0 N–H and O–H groups in total. The molecule has 0 amide bonds. The van der Waals surface area contributed by atoms with Crippen molar-refractivity contribution >= 4 is 0 Å². The zero-order chi connectivity index (χ0) is 8.98. The monoisotopic (exact) mass is 170 g/mol. The van der Waals surface area contributed by atoms with Crippen molar-refractivity contribution in [2.75, 3.05) is 13.2 Å². The van der Waals surface area contributed by atoms with Gasteiger partial charge in [0.25, 0.3) is 0 Å². The van der Waals surface area contributed by atoms with E-state index >= 15 is 0 Å². The maximum atomic E-state index is 5.87. The largest absolute Gasteiger partial charge is 0.372 e. The number of hydrogen-bond acceptors (Lipinski definition) is 2. The lowest BCUT2D eigenvalue weighted by atomic mass is 9.76. The van der Waals surface area contributed by atoms with E-state index in [4.69, 9.17) is 9.47 Å². The van der Waals surface area contributed by atoms with Crippen LogP contribution in [0.15, 0.2) is 0 Å². The minimum Gasteiger partial charge on any atom is -0.372 e. The lowest BCUT2D eigenvalue weighted by Gasteiger charge is -2.35. The van der Waals surface area contributed by atoms with Crippen LogP contribution in [0.1, 0.15) is 27.7 Å². The molecule has 0 aromatic heterocycles. The molecule has 70 valence electrons. The Morgan fingerprint density at radius 3 is 1.58 bits per heavy atom. The van der Waals surface area contributed by atoms with Crippen LogP contribution in [0.4, 0.5) is 0 Å². The molecule has 2 nitrogen and oxygen atoms in total. The molecule has 2 heterocycles. The third-order valence-electron chi connectivity index (χ3n) is 4.13. The lowest BCUT2D eigenvalue weighted by molar-refractivity contribution is -0.0810. The molecule has 0 unspecified atom stereocenters. The Morgan fingerprint density at radius 2 is 1.25 bits per heavy atom. The first kappa shape index (κ1) is 8.52. The zero-order valence-corrected chi connectivity index (χ0v) is 8.39. The van der Waals surface area contributed by atoms with Crippen LogP contribution in [-0.2, 0) is 9.47 Å². The second kappa shape index (κ2) is 2.24. The Bertz CT molecular complexity index is 182. The quantitative estimate of drug-likeness (QED) is 0.552. The van der Waals surface area contributed by atoms with Crippen LogP contribution in [-0.4, -0.2) is 24.4 Å². The van der Waals surface area contributed by atoms with Gasteiger partial charge in [0, 0.05) is 11.8 Å². The van der Waals surface area contributed by atoms with Gasteiger partial charge in [-0.25, -0.2) is 0 Å². The molecule has 2 rings (SSSR count). The van der Waals surface area contributed by atoms with E-state index < -0.39 is 0 Å². The van der Waals surface area contributed by atoms with Crippen LogP contribution >= 0.6 is 0 Å². The van der Waals surface area contributed by atoms with E-state index in [0.717, 1.165) is 13.2 Å². The summed E-state index contributed by atoms with van der Waals surface area (Å²) in [7, 11) is 0. The van der Waals surface area contributed by atoms with Crippen LogP contribution in [0.2, 0.25) is 0 Å². The zero-order valence-electron chi connectivity index (χ0n) is 8.39. The molecule has 4 atom stereocenters.